The maximum atomic E-state index is 12.7. The lowest BCUT2D eigenvalue weighted by molar-refractivity contribution is -0.106. The summed E-state index contributed by atoms with van der Waals surface area (Å²) in [5.74, 6) is -0.0962. The van der Waals surface area contributed by atoms with Gasteiger partial charge in [-0.2, -0.15) is 0 Å². The van der Waals surface area contributed by atoms with Crippen molar-refractivity contribution in [1.82, 2.24) is 10.2 Å². The lowest BCUT2D eigenvalue weighted by Gasteiger charge is -2.47. The van der Waals surface area contributed by atoms with Gasteiger partial charge in [-0.15, -0.1) is 0 Å². The van der Waals surface area contributed by atoms with Crippen molar-refractivity contribution in [2.45, 2.75) is 49.7 Å². The molecule has 1 unspecified atom stereocenters. The Labute approximate surface area is 154 Å². The SMILES string of the molecule is NC1CCCc2cc(C(=O)NC[C@]3(CO)COC[C@H]4CCCN43)ccc21. The first-order valence-corrected chi connectivity index (χ1v) is 9.75. The summed E-state index contributed by atoms with van der Waals surface area (Å²) >= 11 is 0. The molecule has 1 amide bonds. The summed E-state index contributed by atoms with van der Waals surface area (Å²) in [4.78, 5) is 15.1. The highest BCUT2D eigenvalue weighted by Gasteiger charge is 2.46. The Morgan fingerprint density at radius 1 is 1.38 bits per heavy atom. The van der Waals surface area contributed by atoms with Gasteiger partial charge in [0, 0.05) is 24.2 Å². The molecule has 1 aromatic rings. The topological polar surface area (TPSA) is 87.8 Å². The number of carbonyl (C=O) groups is 1. The average molecular weight is 359 g/mol. The van der Waals surface area contributed by atoms with Crippen LogP contribution in [0.1, 0.15) is 53.2 Å². The van der Waals surface area contributed by atoms with Crippen LogP contribution in [0.2, 0.25) is 0 Å². The number of aliphatic hydroxyl groups is 1. The molecule has 0 aromatic heterocycles. The summed E-state index contributed by atoms with van der Waals surface area (Å²) in [6.45, 7) is 2.53. The number of hydrogen-bond acceptors (Lipinski definition) is 5. The van der Waals surface area contributed by atoms with Crippen molar-refractivity contribution in [1.29, 1.82) is 0 Å². The van der Waals surface area contributed by atoms with E-state index in [4.69, 9.17) is 10.5 Å². The molecule has 4 N–H and O–H groups in total. The fourth-order valence-electron chi connectivity index (χ4n) is 4.79. The predicted molar refractivity (Wildman–Crippen MR) is 99.0 cm³/mol. The summed E-state index contributed by atoms with van der Waals surface area (Å²) in [6, 6.07) is 6.28. The molecule has 1 aliphatic carbocycles. The average Bonchev–Trinajstić information content (AvgIpc) is 3.16. The largest absolute Gasteiger partial charge is 0.394 e. The highest BCUT2D eigenvalue weighted by Crippen LogP contribution is 2.31. The minimum atomic E-state index is -0.508. The molecule has 0 radical (unpaired) electrons. The second-order valence-corrected chi connectivity index (χ2v) is 7.98. The number of nitrogens with one attached hydrogen (secondary N) is 1. The van der Waals surface area contributed by atoms with Crippen LogP contribution >= 0.6 is 0 Å². The predicted octanol–water partition coefficient (Wildman–Crippen LogP) is 0.978. The number of nitrogens with two attached hydrogens (primary N) is 1. The van der Waals surface area contributed by atoms with Gasteiger partial charge in [0.05, 0.1) is 25.4 Å². The fourth-order valence-corrected chi connectivity index (χ4v) is 4.79. The van der Waals surface area contributed by atoms with E-state index in [9.17, 15) is 9.90 Å². The number of rotatable bonds is 4. The van der Waals surface area contributed by atoms with Crippen molar-refractivity contribution in [3.8, 4) is 0 Å². The van der Waals surface area contributed by atoms with E-state index in [1.165, 1.54) is 11.1 Å². The number of ether oxygens (including phenoxy) is 1. The highest BCUT2D eigenvalue weighted by molar-refractivity contribution is 5.94. The van der Waals surface area contributed by atoms with Gasteiger partial charge in [0.25, 0.3) is 5.91 Å². The maximum Gasteiger partial charge on any atom is 0.251 e. The molecule has 2 heterocycles. The van der Waals surface area contributed by atoms with Crippen LogP contribution in [0.4, 0.5) is 0 Å². The first-order valence-electron chi connectivity index (χ1n) is 9.75. The first-order chi connectivity index (χ1) is 12.6. The molecule has 0 bridgehead atoms. The number of hydrogen-bond donors (Lipinski definition) is 3. The van der Waals surface area contributed by atoms with E-state index in [-0.39, 0.29) is 18.6 Å². The zero-order chi connectivity index (χ0) is 18.1. The monoisotopic (exact) mass is 359 g/mol. The zero-order valence-electron chi connectivity index (χ0n) is 15.2. The molecule has 2 fully saturated rings. The van der Waals surface area contributed by atoms with Crippen molar-refractivity contribution in [3.63, 3.8) is 0 Å². The number of carbonyl (C=O) groups excluding carboxylic acids is 1. The van der Waals surface area contributed by atoms with Gasteiger partial charge in [-0.1, -0.05) is 6.07 Å². The molecule has 3 atom stereocenters. The summed E-state index contributed by atoms with van der Waals surface area (Å²) in [5.41, 5.74) is 8.68. The van der Waals surface area contributed by atoms with Crippen molar-refractivity contribution in [3.05, 3.63) is 34.9 Å². The minimum Gasteiger partial charge on any atom is -0.394 e. The van der Waals surface area contributed by atoms with E-state index in [0.717, 1.165) is 45.3 Å². The number of aryl methyl sites for hydroxylation is 1. The number of morpholine rings is 1. The molecular weight excluding hydrogens is 330 g/mol. The molecule has 26 heavy (non-hydrogen) atoms. The molecule has 2 saturated heterocycles. The number of aliphatic hydroxyl groups excluding tert-OH is 1. The number of benzene rings is 1. The Balaban J connectivity index is 1.46. The van der Waals surface area contributed by atoms with Crippen LogP contribution in [0.15, 0.2) is 18.2 Å². The molecular formula is C20H29N3O3. The number of fused-ring (bicyclic) bond motifs is 2. The fraction of sp³-hybridized carbons (Fsp3) is 0.650. The Kier molecular flexibility index (Phi) is 5.01. The summed E-state index contributed by atoms with van der Waals surface area (Å²) in [6.07, 6.45) is 5.28. The van der Waals surface area contributed by atoms with Crippen LogP contribution in [0.5, 0.6) is 0 Å². The Hall–Kier alpha value is -1.47. The van der Waals surface area contributed by atoms with E-state index >= 15 is 0 Å². The molecule has 6 nitrogen and oxygen atoms in total. The molecule has 0 spiro atoms. The smallest absolute Gasteiger partial charge is 0.251 e. The van der Waals surface area contributed by atoms with Crippen LogP contribution in [0.25, 0.3) is 0 Å². The quantitative estimate of drug-likeness (QED) is 0.746. The molecule has 4 rings (SSSR count). The second-order valence-electron chi connectivity index (χ2n) is 7.98. The molecule has 6 heteroatoms. The number of amides is 1. The lowest BCUT2D eigenvalue weighted by Crippen LogP contribution is -2.65. The van der Waals surface area contributed by atoms with E-state index in [0.29, 0.717) is 24.8 Å². The summed E-state index contributed by atoms with van der Waals surface area (Å²) in [5, 5.41) is 13.1. The van der Waals surface area contributed by atoms with E-state index in [2.05, 4.69) is 10.2 Å². The number of nitrogens with zero attached hydrogens (tertiary/aromatic N) is 1. The van der Waals surface area contributed by atoms with Gasteiger partial charge in [-0.05, 0) is 61.9 Å². The Bertz CT molecular complexity index is 680. The summed E-state index contributed by atoms with van der Waals surface area (Å²) in [7, 11) is 0. The highest BCUT2D eigenvalue weighted by atomic mass is 16.5. The van der Waals surface area contributed by atoms with Gasteiger partial charge in [0.2, 0.25) is 0 Å². The summed E-state index contributed by atoms with van der Waals surface area (Å²) < 4.78 is 5.75. The maximum absolute atomic E-state index is 12.7. The molecule has 3 aliphatic rings. The van der Waals surface area contributed by atoms with Crippen LogP contribution in [-0.4, -0.2) is 60.4 Å². The normalized spacial score (nSPS) is 31.3. The van der Waals surface area contributed by atoms with Crippen LogP contribution < -0.4 is 11.1 Å². The molecule has 1 aromatic carbocycles. The van der Waals surface area contributed by atoms with E-state index in [1.807, 2.05) is 18.2 Å². The van der Waals surface area contributed by atoms with E-state index in [1.54, 1.807) is 0 Å². The van der Waals surface area contributed by atoms with Gasteiger partial charge >= 0.3 is 0 Å². The van der Waals surface area contributed by atoms with Gasteiger partial charge in [0.1, 0.15) is 0 Å². The van der Waals surface area contributed by atoms with Gasteiger partial charge in [-0.25, -0.2) is 0 Å². The standard InChI is InChI=1S/C20H29N3O3/c21-18-5-1-3-14-9-15(6-7-17(14)18)19(25)22-11-20(12-24)13-26-10-16-4-2-8-23(16)20/h6-7,9,16,18,24H,1-5,8,10-13,21H2,(H,22,25)/t16-,18?,20+/m1/s1. The Morgan fingerprint density at radius 3 is 3.12 bits per heavy atom. The van der Waals surface area contributed by atoms with Crippen LogP contribution in [-0.2, 0) is 11.2 Å². The third-order valence-corrected chi connectivity index (χ3v) is 6.31. The van der Waals surface area contributed by atoms with Crippen molar-refractivity contribution in [2.75, 3.05) is 32.9 Å². The van der Waals surface area contributed by atoms with Gasteiger partial charge < -0.3 is 20.9 Å². The van der Waals surface area contributed by atoms with Gasteiger partial charge in [-0.3, -0.25) is 9.69 Å². The van der Waals surface area contributed by atoms with E-state index < -0.39 is 5.54 Å². The van der Waals surface area contributed by atoms with Crippen LogP contribution in [0.3, 0.4) is 0 Å². The third kappa shape index (κ3) is 3.16. The second kappa shape index (κ2) is 7.27. The third-order valence-electron chi connectivity index (χ3n) is 6.31. The zero-order valence-corrected chi connectivity index (χ0v) is 15.2. The Morgan fingerprint density at radius 2 is 2.27 bits per heavy atom. The lowest BCUT2D eigenvalue weighted by atomic mass is 9.87. The van der Waals surface area contributed by atoms with Crippen molar-refractivity contribution < 1.29 is 14.6 Å². The van der Waals surface area contributed by atoms with Gasteiger partial charge in [0.15, 0.2) is 0 Å². The molecule has 2 aliphatic heterocycles. The first kappa shape index (κ1) is 17.9. The van der Waals surface area contributed by atoms with Crippen molar-refractivity contribution in [2.24, 2.45) is 5.73 Å². The molecule has 142 valence electrons. The van der Waals surface area contributed by atoms with Crippen molar-refractivity contribution >= 4 is 5.91 Å². The van der Waals surface area contributed by atoms with Crippen LogP contribution in [0, 0.1) is 0 Å². The molecule has 0 saturated carbocycles. The minimum absolute atomic E-state index is 0.0111.